The van der Waals surface area contributed by atoms with Gasteiger partial charge in [-0.05, 0) is 18.6 Å². The zero-order valence-corrected chi connectivity index (χ0v) is 8.52. The second kappa shape index (κ2) is 4.55. The largest absolute Gasteiger partial charge is 0.300 e. The van der Waals surface area contributed by atoms with Gasteiger partial charge in [-0.1, -0.05) is 12.1 Å². The van der Waals surface area contributed by atoms with Crippen LogP contribution in [0, 0.1) is 0 Å². The number of carbonyl (C=O) groups excluding carboxylic acids is 1. The molecule has 0 N–H and O–H groups in total. The molecule has 76 valence electrons. The molecule has 1 aromatic rings. The summed E-state index contributed by atoms with van der Waals surface area (Å²) >= 11 is 3.94. The minimum atomic E-state index is -2.52. The first-order valence-corrected chi connectivity index (χ1v) is 4.55. The third kappa shape index (κ3) is 2.80. The van der Waals surface area contributed by atoms with Gasteiger partial charge in [0.25, 0.3) is 6.43 Å². The summed E-state index contributed by atoms with van der Waals surface area (Å²) in [4.78, 5) is 11.0. The molecule has 0 atom stereocenters. The van der Waals surface area contributed by atoms with E-state index in [1.807, 2.05) is 0 Å². The molecule has 0 aromatic heterocycles. The van der Waals surface area contributed by atoms with Crippen LogP contribution in [0.2, 0.25) is 0 Å². The lowest BCUT2D eigenvalue weighted by molar-refractivity contribution is -0.116. The summed E-state index contributed by atoms with van der Waals surface area (Å²) < 4.78 is 24.6. The molecule has 0 aliphatic rings. The van der Waals surface area contributed by atoms with Gasteiger partial charge in [0.2, 0.25) is 0 Å². The Morgan fingerprint density at radius 1 is 1.50 bits per heavy atom. The van der Waals surface area contributed by atoms with Crippen LogP contribution in [0.4, 0.5) is 8.78 Å². The predicted octanol–water partition coefficient (Wildman–Crippen LogP) is 3.04. The fourth-order valence-corrected chi connectivity index (χ4v) is 1.51. The number of alkyl halides is 2. The van der Waals surface area contributed by atoms with Crippen LogP contribution in [0.5, 0.6) is 0 Å². The maximum Gasteiger partial charge on any atom is 0.264 e. The van der Waals surface area contributed by atoms with E-state index in [-0.39, 0.29) is 22.7 Å². The van der Waals surface area contributed by atoms with Crippen molar-refractivity contribution >= 4 is 18.4 Å². The molecule has 0 saturated carbocycles. The number of ketones is 1. The highest BCUT2D eigenvalue weighted by Crippen LogP contribution is 2.26. The first-order chi connectivity index (χ1) is 6.50. The Kier molecular flexibility index (Phi) is 3.63. The first kappa shape index (κ1) is 11.2. The number of carbonyl (C=O) groups is 1. The molecule has 0 bridgehead atoms. The highest BCUT2D eigenvalue weighted by atomic mass is 32.1. The zero-order valence-electron chi connectivity index (χ0n) is 7.63. The SMILES string of the molecule is CC(=O)Cc1ccc(C(F)F)c(S)c1. The zero-order chi connectivity index (χ0) is 10.7. The topological polar surface area (TPSA) is 17.1 Å². The molecule has 0 heterocycles. The molecule has 1 rings (SSSR count). The van der Waals surface area contributed by atoms with Gasteiger partial charge in [0.15, 0.2) is 0 Å². The fraction of sp³-hybridized carbons (Fsp3) is 0.300. The minimum Gasteiger partial charge on any atom is -0.300 e. The van der Waals surface area contributed by atoms with Gasteiger partial charge in [-0.3, -0.25) is 4.79 Å². The monoisotopic (exact) mass is 216 g/mol. The number of thiol groups is 1. The van der Waals surface area contributed by atoms with Gasteiger partial charge in [0.1, 0.15) is 5.78 Å². The third-order valence-electron chi connectivity index (χ3n) is 1.78. The van der Waals surface area contributed by atoms with Gasteiger partial charge in [-0.25, -0.2) is 8.78 Å². The highest BCUT2D eigenvalue weighted by molar-refractivity contribution is 7.80. The van der Waals surface area contributed by atoms with Crippen LogP contribution in [-0.4, -0.2) is 5.78 Å². The van der Waals surface area contributed by atoms with Crippen molar-refractivity contribution in [3.63, 3.8) is 0 Å². The normalized spacial score (nSPS) is 10.6. The summed E-state index contributed by atoms with van der Waals surface area (Å²) in [6.07, 6.45) is -2.26. The van der Waals surface area contributed by atoms with Crippen LogP contribution in [0.3, 0.4) is 0 Å². The number of Topliss-reactive ketones (excluding diaryl/α,β-unsaturated/α-hetero) is 1. The van der Waals surface area contributed by atoms with Crippen molar-refractivity contribution in [3.05, 3.63) is 29.3 Å². The van der Waals surface area contributed by atoms with E-state index in [1.54, 1.807) is 0 Å². The van der Waals surface area contributed by atoms with Crippen LogP contribution >= 0.6 is 12.6 Å². The number of hydrogen-bond acceptors (Lipinski definition) is 2. The van der Waals surface area contributed by atoms with E-state index in [0.29, 0.717) is 5.56 Å². The maximum atomic E-state index is 12.3. The molecule has 1 aromatic carbocycles. The molecule has 14 heavy (non-hydrogen) atoms. The molecule has 0 amide bonds. The van der Waals surface area contributed by atoms with Gasteiger partial charge < -0.3 is 0 Å². The van der Waals surface area contributed by atoms with Crippen molar-refractivity contribution < 1.29 is 13.6 Å². The van der Waals surface area contributed by atoms with Crippen molar-refractivity contribution in [1.82, 2.24) is 0 Å². The van der Waals surface area contributed by atoms with E-state index >= 15 is 0 Å². The van der Waals surface area contributed by atoms with E-state index in [9.17, 15) is 13.6 Å². The number of halogens is 2. The summed E-state index contributed by atoms with van der Waals surface area (Å²) in [6.45, 7) is 1.46. The molecule has 0 unspecified atom stereocenters. The average molecular weight is 216 g/mol. The fourth-order valence-electron chi connectivity index (χ4n) is 1.17. The van der Waals surface area contributed by atoms with E-state index in [1.165, 1.54) is 25.1 Å². The van der Waals surface area contributed by atoms with E-state index in [0.717, 1.165) is 0 Å². The van der Waals surface area contributed by atoms with Crippen molar-refractivity contribution in [2.45, 2.75) is 24.7 Å². The van der Waals surface area contributed by atoms with Crippen molar-refractivity contribution in [2.24, 2.45) is 0 Å². The van der Waals surface area contributed by atoms with Gasteiger partial charge in [0.05, 0.1) is 0 Å². The molecule has 0 spiro atoms. The molecule has 0 aliphatic carbocycles. The number of hydrogen-bond donors (Lipinski definition) is 1. The third-order valence-corrected chi connectivity index (χ3v) is 2.17. The summed E-state index contributed by atoms with van der Waals surface area (Å²) in [6, 6.07) is 4.35. The summed E-state index contributed by atoms with van der Waals surface area (Å²) in [7, 11) is 0. The Balaban J connectivity index is 2.94. The predicted molar refractivity (Wildman–Crippen MR) is 53.0 cm³/mol. The van der Waals surface area contributed by atoms with E-state index < -0.39 is 6.43 Å². The molecule has 4 heteroatoms. The Labute approximate surface area is 86.5 Å². The van der Waals surface area contributed by atoms with Gasteiger partial charge >= 0.3 is 0 Å². The molecular weight excluding hydrogens is 206 g/mol. The molecular formula is C10H10F2OS. The summed E-state index contributed by atoms with van der Waals surface area (Å²) in [5.41, 5.74) is 0.618. The minimum absolute atomic E-state index is 0.00234. The Hall–Kier alpha value is -0.900. The average Bonchev–Trinajstić information content (AvgIpc) is 2.01. The van der Waals surface area contributed by atoms with Gasteiger partial charge in [-0.2, -0.15) is 0 Å². The Bertz CT molecular complexity index is 350. The number of benzene rings is 1. The second-order valence-corrected chi connectivity index (χ2v) is 3.55. The van der Waals surface area contributed by atoms with Crippen LogP contribution < -0.4 is 0 Å². The molecule has 0 saturated heterocycles. The first-order valence-electron chi connectivity index (χ1n) is 4.10. The molecule has 0 radical (unpaired) electrons. The standard InChI is InChI=1S/C10H10F2OS/c1-6(13)4-7-2-3-8(10(11)12)9(14)5-7/h2-3,5,10,14H,4H2,1H3. The Morgan fingerprint density at radius 2 is 2.14 bits per heavy atom. The lowest BCUT2D eigenvalue weighted by atomic mass is 10.1. The maximum absolute atomic E-state index is 12.3. The van der Waals surface area contributed by atoms with Crippen LogP contribution in [0.25, 0.3) is 0 Å². The summed E-state index contributed by atoms with van der Waals surface area (Å²) in [5, 5.41) is 0. The van der Waals surface area contributed by atoms with Crippen LogP contribution in [-0.2, 0) is 11.2 Å². The van der Waals surface area contributed by atoms with E-state index in [4.69, 9.17) is 0 Å². The van der Waals surface area contributed by atoms with Crippen LogP contribution in [0.1, 0.15) is 24.5 Å². The highest BCUT2D eigenvalue weighted by Gasteiger charge is 2.11. The molecule has 0 aliphatic heterocycles. The summed E-state index contributed by atoms with van der Waals surface area (Å²) in [5.74, 6) is 0.00234. The Morgan fingerprint density at radius 3 is 2.57 bits per heavy atom. The van der Waals surface area contributed by atoms with Gasteiger partial charge in [-0.15, -0.1) is 12.6 Å². The molecule has 1 nitrogen and oxygen atoms in total. The smallest absolute Gasteiger partial charge is 0.264 e. The lowest BCUT2D eigenvalue weighted by Crippen LogP contribution is -1.97. The second-order valence-electron chi connectivity index (χ2n) is 3.07. The van der Waals surface area contributed by atoms with Crippen molar-refractivity contribution in [2.75, 3.05) is 0 Å². The molecule has 0 fully saturated rings. The van der Waals surface area contributed by atoms with Crippen LogP contribution in [0.15, 0.2) is 23.1 Å². The lowest BCUT2D eigenvalue weighted by Gasteiger charge is -2.05. The van der Waals surface area contributed by atoms with Crippen molar-refractivity contribution in [1.29, 1.82) is 0 Å². The van der Waals surface area contributed by atoms with Crippen molar-refractivity contribution in [3.8, 4) is 0 Å². The number of rotatable bonds is 3. The van der Waals surface area contributed by atoms with E-state index in [2.05, 4.69) is 12.6 Å². The van der Waals surface area contributed by atoms with Gasteiger partial charge in [0, 0.05) is 16.9 Å². The quantitative estimate of drug-likeness (QED) is 0.768.